The van der Waals surface area contributed by atoms with Crippen molar-refractivity contribution in [3.63, 3.8) is 0 Å². The van der Waals surface area contributed by atoms with Gasteiger partial charge in [-0.1, -0.05) is 0 Å². The molecule has 1 aromatic carbocycles. The van der Waals surface area contributed by atoms with Crippen LogP contribution >= 0.6 is 12.4 Å². The maximum absolute atomic E-state index is 11.8. The Morgan fingerprint density at radius 3 is 2.48 bits per heavy atom. The molecule has 7 heteroatoms. The van der Waals surface area contributed by atoms with Crippen LogP contribution in [0, 0.1) is 5.92 Å². The van der Waals surface area contributed by atoms with Crippen molar-refractivity contribution in [1.82, 2.24) is 10.6 Å². The number of nitrogens with one attached hydrogen (secondary N) is 2. The van der Waals surface area contributed by atoms with Crippen LogP contribution in [0.5, 0.6) is 17.2 Å². The lowest BCUT2D eigenvalue weighted by Crippen LogP contribution is -2.26. The van der Waals surface area contributed by atoms with Gasteiger partial charge in [0.05, 0.1) is 20.8 Å². The second-order valence-electron chi connectivity index (χ2n) is 6.00. The molecule has 0 spiro atoms. The third-order valence-corrected chi connectivity index (χ3v) is 4.18. The fraction of sp³-hybridized carbons (Fsp3) is 0.611. The topological polar surface area (TPSA) is 68.8 Å². The molecule has 142 valence electrons. The Labute approximate surface area is 156 Å². The van der Waals surface area contributed by atoms with Gasteiger partial charge in [0.25, 0.3) is 0 Å². The molecule has 0 radical (unpaired) electrons. The minimum absolute atomic E-state index is 0. The molecule has 1 aliphatic rings. The van der Waals surface area contributed by atoms with Gasteiger partial charge in [-0.2, -0.15) is 0 Å². The van der Waals surface area contributed by atoms with Crippen LogP contribution in [-0.2, 0) is 4.79 Å². The number of ether oxygens (including phenoxy) is 3. The van der Waals surface area contributed by atoms with Crippen molar-refractivity contribution in [3.05, 3.63) is 18.2 Å². The van der Waals surface area contributed by atoms with Gasteiger partial charge in [-0.25, -0.2) is 0 Å². The number of rotatable bonds is 10. The van der Waals surface area contributed by atoms with Crippen LogP contribution in [0.2, 0.25) is 0 Å². The van der Waals surface area contributed by atoms with Crippen molar-refractivity contribution >= 4 is 18.3 Å². The zero-order chi connectivity index (χ0) is 17.2. The Morgan fingerprint density at radius 1 is 1.20 bits per heavy atom. The third kappa shape index (κ3) is 7.84. The summed E-state index contributed by atoms with van der Waals surface area (Å²) in [5, 5.41) is 6.27. The van der Waals surface area contributed by atoms with Crippen LogP contribution in [0.15, 0.2) is 18.2 Å². The lowest BCUT2D eigenvalue weighted by Gasteiger charge is -2.11. The number of amides is 1. The summed E-state index contributed by atoms with van der Waals surface area (Å²) in [6.07, 6.45) is 3.53. The van der Waals surface area contributed by atoms with Crippen molar-refractivity contribution in [3.8, 4) is 17.2 Å². The molecular formula is C18H29ClN2O4. The molecule has 1 aromatic rings. The minimum atomic E-state index is 0. The number of benzene rings is 1. The van der Waals surface area contributed by atoms with Gasteiger partial charge in [-0.15, -0.1) is 12.4 Å². The van der Waals surface area contributed by atoms with E-state index in [-0.39, 0.29) is 18.3 Å². The molecule has 1 unspecified atom stereocenters. The lowest BCUT2D eigenvalue weighted by atomic mass is 10.0. The molecule has 0 aliphatic carbocycles. The Kier molecular flexibility index (Phi) is 10.1. The Bertz CT molecular complexity index is 500. The molecule has 0 saturated carbocycles. The molecule has 0 aromatic heterocycles. The fourth-order valence-corrected chi connectivity index (χ4v) is 2.74. The zero-order valence-electron chi connectivity index (χ0n) is 15.0. The highest BCUT2D eigenvalue weighted by Crippen LogP contribution is 2.27. The van der Waals surface area contributed by atoms with E-state index in [1.807, 2.05) is 12.1 Å². The van der Waals surface area contributed by atoms with Gasteiger partial charge in [0.15, 0.2) is 0 Å². The van der Waals surface area contributed by atoms with Gasteiger partial charge in [-0.3, -0.25) is 4.79 Å². The first-order valence-electron chi connectivity index (χ1n) is 8.54. The first kappa shape index (κ1) is 21.4. The van der Waals surface area contributed by atoms with Gasteiger partial charge >= 0.3 is 0 Å². The van der Waals surface area contributed by atoms with E-state index in [2.05, 4.69) is 10.6 Å². The maximum Gasteiger partial charge on any atom is 0.220 e. The number of hydrogen-bond donors (Lipinski definition) is 2. The summed E-state index contributed by atoms with van der Waals surface area (Å²) in [4.78, 5) is 11.8. The van der Waals surface area contributed by atoms with Crippen LogP contribution < -0.4 is 24.8 Å². The predicted octanol–water partition coefficient (Wildman–Crippen LogP) is 2.40. The maximum atomic E-state index is 11.8. The van der Waals surface area contributed by atoms with Crippen molar-refractivity contribution in [2.45, 2.75) is 25.7 Å². The summed E-state index contributed by atoms with van der Waals surface area (Å²) in [5.74, 6) is 2.87. The number of carbonyl (C=O) groups excluding carboxylic acids is 1. The zero-order valence-corrected chi connectivity index (χ0v) is 15.8. The lowest BCUT2D eigenvalue weighted by molar-refractivity contribution is -0.121. The summed E-state index contributed by atoms with van der Waals surface area (Å²) >= 11 is 0. The van der Waals surface area contributed by atoms with Crippen molar-refractivity contribution in [2.75, 3.05) is 40.5 Å². The van der Waals surface area contributed by atoms with Crippen molar-refractivity contribution < 1.29 is 19.0 Å². The summed E-state index contributed by atoms with van der Waals surface area (Å²) in [7, 11) is 3.21. The average molecular weight is 373 g/mol. The number of hydrogen-bond acceptors (Lipinski definition) is 5. The molecule has 25 heavy (non-hydrogen) atoms. The van der Waals surface area contributed by atoms with E-state index in [1.165, 1.54) is 6.42 Å². The summed E-state index contributed by atoms with van der Waals surface area (Å²) in [6, 6.07) is 5.43. The second-order valence-corrected chi connectivity index (χ2v) is 6.00. The molecule has 1 aliphatic heterocycles. The van der Waals surface area contributed by atoms with Crippen LogP contribution in [0.4, 0.5) is 0 Å². The molecule has 1 heterocycles. The van der Waals surface area contributed by atoms with E-state index in [4.69, 9.17) is 14.2 Å². The predicted molar refractivity (Wildman–Crippen MR) is 100 cm³/mol. The van der Waals surface area contributed by atoms with E-state index >= 15 is 0 Å². The van der Waals surface area contributed by atoms with Crippen LogP contribution in [0.3, 0.4) is 0 Å². The Morgan fingerprint density at radius 2 is 1.88 bits per heavy atom. The molecule has 6 nitrogen and oxygen atoms in total. The van der Waals surface area contributed by atoms with Crippen molar-refractivity contribution in [1.29, 1.82) is 0 Å². The minimum Gasteiger partial charge on any atom is -0.496 e. The second kappa shape index (κ2) is 11.8. The van der Waals surface area contributed by atoms with Crippen LogP contribution in [-0.4, -0.2) is 46.4 Å². The van der Waals surface area contributed by atoms with Gasteiger partial charge in [0.2, 0.25) is 5.91 Å². The number of methoxy groups -OCH3 is 2. The van der Waals surface area contributed by atoms with Crippen LogP contribution in [0.1, 0.15) is 25.7 Å². The molecule has 0 bridgehead atoms. The van der Waals surface area contributed by atoms with Crippen LogP contribution in [0.25, 0.3) is 0 Å². The monoisotopic (exact) mass is 372 g/mol. The van der Waals surface area contributed by atoms with Crippen molar-refractivity contribution in [2.24, 2.45) is 5.92 Å². The normalized spacial score (nSPS) is 16.0. The molecule has 1 atom stereocenters. The summed E-state index contributed by atoms with van der Waals surface area (Å²) in [5.41, 5.74) is 0. The first-order chi connectivity index (χ1) is 11.7. The van der Waals surface area contributed by atoms with E-state index in [0.29, 0.717) is 42.7 Å². The standard InChI is InChI=1S/C18H28N2O4.ClH/c1-22-15-10-16(23-2)12-17(11-15)24-9-3-7-20-18(21)5-4-14-6-8-19-13-14;/h10-12,14,19H,3-9,13H2,1-2H3,(H,20,21);1H. The third-order valence-electron chi connectivity index (χ3n) is 4.18. The van der Waals surface area contributed by atoms with E-state index < -0.39 is 0 Å². The molecule has 2 rings (SSSR count). The van der Waals surface area contributed by atoms with Gasteiger partial charge in [0.1, 0.15) is 17.2 Å². The quantitative estimate of drug-likeness (QED) is 0.617. The molecular weight excluding hydrogens is 344 g/mol. The number of halogens is 1. The van der Waals surface area contributed by atoms with E-state index in [0.717, 1.165) is 25.9 Å². The average Bonchev–Trinajstić information content (AvgIpc) is 3.12. The Hall–Kier alpha value is -1.66. The number of carbonyl (C=O) groups is 1. The fourth-order valence-electron chi connectivity index (χ4n) is 2.74. The largest absolute Gasteiger partial charge is 0.496 e. The summed E-state index contributed by atoms with van der Waals surface area (Å²) < 4.78 is 16.1. The van der Waals surface area contributed by atoms with Gasteiger partial charge in [-0.05, 0) is 38.3 Å². The molecule has 1 amide bonds. The van der Waals surface area contributed by atoms with E-state index in [1.54, 1.807) is 20.3 Å². The molecule has 1 fully saturated rings. The van der Waals surface area contributed by atoms with E-state index in [9.17, 15) is 4.79 Å². The highest BCUT2D eigenvalue weighted by Gasteiger charge is 2.15. The Balaban J connectivity index is 0.00000312. The SMILES string of the molecule is COc1cc(OC)cc(OCCCNC(=O)CCC2CCNC2)c1.Cl. The smallest absolute Gasteiger partial charge is 0.220 e. The highest BCUT2D eigenvalue weighted by atomic mass is 35.5. The first-order valence-corrected chi connectivity index (χ1v) is 8.54. The summed E-state index contributed by atoms with van der Waals surface area (Å²) in [6.45, 7) is 3.29. The molecule has 1 saturated heterocycles. The molecule has 2 N–H and O–H groups in total. The highest BCUT2D eigenvalue weighted by molar-refractivity contribution is 5.85. The van der Waals surface area contributed by atoms with Gasteiger partial charge in [0, 0.05) is 31.2 Å². The van der Waals surface area contributed by atoms with Gasteiger partial charge < -0.3 is 24.8 Å².